The fourth-order valence-corrected chi connectivity index (χ4v) is 3.94. The smallest absolute Gasteiger partial charge is 0.338 e. The second-order valence-corrected chi connectivity index (χ2v) is 6.69. The number of rotatable bonds is 5. The molecule has 1 aromatic carbocycles. The minimum absolute atomic E-state index is 0. The molecule has 1 N–H and O–H groups in total. The summed E-state index contributed by atoms with van der Waals surface area (Å²) >= 11 is 1.36. The number of carboxylic acid groups (broad SMARTS) is 1. The summed E-state index contributed by atoms with van der Waals surface area (Å²) in [6.07, 6.45) is 0.855. The van der Waals surface area contributed by atoms with Gasteiger partial charge in [0, 0.05) is 24.2 Å². The molecular formula is C18H20ClNO5S. The number of hydrogen-bond donors (Lipinski definition) is 1. The van der Waals surface area contributed by atoms with Crippen LogP contribution in [0.2, 0.25) is 0 Å². The summed E-state index contributed by atoms with van der Waals surface area (Å²) in [4.78, 5) is 28.1. The standard InChI is InChI=1S/C18H19NO5S.ClH/c1-2-24-15(20)13-5-3-12(4-6-13)14-11-25-16(19-14)18(17(21)22)7-9-23-10-8-18;/h3-6,11H,2,7-10H2,1H3,(H,21,22);1H. The van der Waals surface area contributed by atoms with Crippen LogP contribution in [0.5, 0.6) is 0 Å². The fraction of sp³-hybridized carbons (Fsp3) is 0.389. The first-order valence-electron chi connectivity index (χ1n) is 8.11. The van der Waals surface area contributed by atoms with Gasteiger partial charge >= 0.3 is 11.9 Å². The van der Waals surface area contributed by atoms with Crippen molar-refractivity contribution in [3.8, 4) is 11.3 Å². The number of carboxylic acids is 1. The predicted octanol–water partition coefficient (Wildman–Crippen LogP) is 3.54. The van der Waals surface area contributed by atoms with Crippen molar-refractivity contribution in [3.05, 3.63) is 40.2 Å². The Bertz CT molecular complexity index is 768. The van der Waals surface area contributed by atoms with E-state index < -0.39 is 11.4 Å². The highest BCUT2D eigenvalue weighted by Crippen LogP contribution is 2.38. The van der Waals surface area contributed by atoms with Crippen LogP contribution < -0.4 is 0 Å². The van der Waals surface area contributed by atoms with Gasteiger partial charge in [0.05, 0.1) is 17.9 Å². The van der Waals surface area contributed by atoms with Crippen LogP contribution in [0.3, 0.4) is 0 Å². The van der Waals surface area contributed by atoms with Gasteiger partial charge in [-0.25, -0.2) is 9.78 Å². The van der Waals surface area contributed by atoms with E-state index in [-0.39, 0.29) is 18.4 Å². The van der Waals surface area contributed by atoms with Crippen LogP contribution in [0.15, 0.2) is 29.6 Å². The molecule has 0 aliphatic carbocycles. The highest BCUT2D eigenvalue weighted by atomic mass is 35.5. The largest absolute Gasteiger partial charge is 0.481 e. The third kappa shape index (κ3) is 3.90. The molecule has 0 atom stereocenters. The van der Waals surface area contributed by atoms with Crippen molar-refractivity contribution in [1.82, 2.24) is 4.98 Å². The molecule has 26 heavy (non-hydrogen) atoms. The first-order chi connectivity index (χ1) is 12.1. The molecule has 0 unspecified atom stereocenters. The second kappa shape index (κ2) is 8.62. The number of hydrogen-bond acceptors (Lipinski definition) is 6. The molecular weight excluding hydrogens is 378 g/mol. The highest BCUT2D eigenvalue weighted by Gasteiger charge is 2.44. The number of nitrogens with zero attached hydrogens (tertiary/aromatic N) is 1. The Morgan fingerprint density at radius 2 is 1.92 bits per heavy atom. The van der Waals surface area contributed by atoms with Crippen LogP contribution in [0.1, 0.15) is 35.1 Å². The predicted molar refractivity (Wildman–Crippen MR) is 100 cm³/mol. The number of ether oxygens (including phenoxy) is 2. The number of carbonyl (C=O) groups is 2. The van der Waals surface area contributed by atoms with Gasteiger partial charge in [0.25, 0.3) is 0 Å². The van der Waals surface area contributed by atoms with E-state index in [0.29, 0.717) is 48.9 Å². The van der Waals surface area contributed by atoms with Gasteiger partial charge in [-0.15, -0.1) is 23.7 Å². The van der Waals surface area contributed by atoms with Gasteiger partial charge in [0.2, 0.25) is 0 Å². The number of aliphatic carboxylic acids is 1. The summed E-state index contributed by atoms with van der Waals surface area (Å²) in [5.41, 5.74) is 1.06. The van der Waals surface area contributed by atoms with E-state index in [1.54, 1.807) is 31.2 Å². The van der Waals surface area contributed by atoms with E-state index in [9.17, 15) is 14.7 Å². The minimum Gasteiger partial charge on any atom is -0.481 e. The molecule has 1 aliphatic rings. The van der Waals surface area contributed by atoms with Crippen LogP contribution in [0.25, 0.3) is 11.3 Å². The van der Waals surface area contributed by atoms with Crippen molar-refractivity contribution in [1.29, 1.82) is 0 Å². The zero-order valence-electron chi connectivity index (χ0n) is 14.3. The van der Waals surface area contributed by atoms with Crippen LogP contribution in [0.4, 0.5) is 0 Å². The molecule has 1 saturated heterocycles. The highest BCUT2D eigenvalue weighted by molar-refractivity contribution is 7.10. The lowest BCUT2D eigenvalue weighted by molar-refractivity contribution is -0.147. The molecule has 0 spiro atoms. The molecule has 0 radical (unpaired) electrons. The normalized spacial score (nSPS) is 15.7. The monoisotopic (exact) mass is 397 g/mol. The number of carbonyl (C=O) groups excluding carboxylic acids is 1. The number of benzene rings is 1. The van der Waals surface area contributed by atoms with Crippen molar-refractivity contribution in [2.45, 2.75) is 25.2 Å². The Morgan fingerprint density at radius 3 is 2.50 bits per heavy atom. The Morgan fingerprint density at radius 1 is 1.27 bits per heavy atom. The van der Waals surface area contributed by atoms with Crippen LogP contribution in [-0.4, -0.2) is 41.8 Å². The molecule has 3 rings (SSSR count). The Balaban J connectivity index is 0.00000243. The van der Waals surface area contributed by atoms with Crippen molar-refractivity contribution >= 4 is 35.7 Å². The maximum absolute atomic E-state index is 11.9. The fourth-order valence-electron chi connectivity index (χ4n) is 2.86. The molecule has 8 heteroatoms. The van der Waals surface area contributed by atoms with Crippen molar-refractivity contribution in [2.75, 3.05) is 19.8 Å². The molecule has 140 valence electrons. The molecule has 0 amide bonds. The van der Waals surface area contributed by atoms with E-state index in [4.69, 9.17) is 9.47 Å². The Kier molecular flexibility index (Phi) is 6.75. The maximum atomic E-state index is 11.9. The summed E-state index contributed by atoms with van der Waals surface area (Å²) in [5.74, 6) is -1.21. The summed E-state index contributed by atoms with van der Waals surface area (Å²) in [6, 6.07) is 6.96. The number of thiazole rings is 1. The van der Waals surface area contributed by atoms with Crippen molar-refractivity contribution < 1.29 is 24.2 Å². The van der Waals surface area contributed by atoms with Crippen molar-refractivity contribution in [3.63, 3.8) is 0 Å². The lowest BCUT2D eigenvalue weighted by Crippen LogP contribution is -2.41. The maximum Gasteiger partial charge on any atom is 0.338 e. The molecule has 1 aliphatic heterocycles. The van der Waals surface area contributed by atoms with Gasteiger partial charge < -0.3 is 14.6 Å². The molecule has 0 saturated carbocycles. The van der Waals surface area contributed by atoms with Crippen molar-refractivity contribution in [2.24, 2.45) is 0 Å². The first kappa shape index (κ1) is 20.4. The molecule has 2 heterocycles. The molecule has 2 aromatic rings. The van der Waals surface area contributed by atoms with Gasteiger partial charge in [0.1, 0.15) is 10.4 Å². The van der Waals surface area contributed by atoms with Gasteiger partial charge in [-0.05, 0) is 31.9 Å². The van der Waals surface area contributed by atoms with E-state index in [1.807, 2.05) is 5.38 Å². The van der Waals surface area contributed by atoms with Crippen LogP contribution in [-0.2, 0) is 19.7 Å². The molecule has 1 aromatic heterocycles. The third-order valence-electron chi connectivity index (χ3n) is 4.36. The first-order valence-corrected chi connectivity index (χ1v) is 8.99. The lowest BCUT2D eigenvalue weighted by atomic mass is 9.81. The number of aromatic nitrogens is 1. The summed E-state index contributed by atoms with van der Waals surface area (Å²) in [6.45, 7) is 2.94. The Hall–Kier alpha value is -1.96. The van der Waals surface area contributed by atoms with Gasteiger partial charge in [-0.1, -0.05) is 12.1 Å². The molecule has 0 bridgehead atoms. The lowest BCUT2D eigenvalue weighted by Gasteiger charge is -2.31. The zero-order chi connectivity index (χ0) is 17.9. The number of esters is 1. The average Bonchev–Trinajstić information content (AvgIpc) is 3.13. The Labute approximate surface area is 161 Å². The van der Waals surface area contributed by atoms with Gasteiger partial charge in [0.15, 0.2) is 0 Å². The summed E-state index contributed by atoms with van der Waals surface area (Å²) in [7, 11) is 0. The van der Waals surface area contributed by atoms with E-state index in [2.05, 4.69) is 4.98 Å². The van der Waals surface area contributed by atoms with E-state index >= 15 is 0 Å². The summed E-state index contributed by atoms with van der Waals surface area (Å²) < 4.78 is 10.3. The molecule has 6 nitrogen and oxygen atoms in total. The van der Waals surface area contributed by atoms with E-state index in [0.717, 1.165) is 5.56 Å². The minimum atomic E-state index is -0.966. The van der Waals surface area contributed by atoms with Crippen LogP contribution >= 0.6 is 23.7 Å². The van der Waals surface area contributed by atoms with Crippen LogP contribution in [0, 0.1) is 0 Å². The SMILES string of the molecule is CCOC(=O)c1ccc(-c2csc(C3(C(=O)O)CCOCC3)n2)cc1.Cl. The second-order valence-electron chi connectivity index (χ2n) is 5.84. The van der Waals surface area contributed by atoms with E-state index in [1.165, 1.54) is 11.3 Å². The average molecular weight is 398 g/mol. The molecule has 1 fully saturated rings. The third-order valence-corrected chi connectivity index (χ3v) is 5.41. The summed E-state index contributed by atoms with van der Waals surface area (Å²) in [5, 5.41) is 12.2. The number of halogens is 1. The topological polar surface area (TPSA) is 85.7 Å². The zero-order valence-corrected chi connectivity index (χ0v) is 15.9. The van der Waals surface area contributed by atoms with Gasteiger partial charge in [-0.2, -0.15) is 0 Å². The quantitative estimate of drug-likeness (QED) is 0.776. The van der Waals surface area contributed by atoms with Gasteiger partial charge in [-0.3, -0.25) is 4.79 Å².